The number of nitrogens with one attached hydrogen (secondary N) is 1. The van der Waals surface area contributed by atoms with Crippen LogP contribution in [-0.2, 0) is 17.8 Å². The second kappa shape index (κ2) is 6.65. The number of nitrogens with two attached hydrogens (primary N) is 1. The van der Waals surface area contributed by atoms with Gasteiger partial charge in [0.25, 0.3) is 0 Å². The normalized spacial score (nSPS) is 10.4. The van der Waals surface area contributed by atoms with Crippen LogP contribution < -0.4 is 11.1 Å². The minimum atomic E-state index is 0.350. The third-order valence-corrected chi connectivity index (χ3v) is 2.51. The molecule has 0 radical (unpaired) electrons. The van der Waals surface area contributed by atoms with Gasteiger partial charge in [-0.05, 0) is 18.1 Å². The molecule has 0 amide bonds. The van der Waals surface area contributed by atoms with Crippen LogP contribution in [0, 0.1) is 0 Å². The number of pyridine rings is 1. The molecule has 2 aromatic rings. The molecule has 100 valence electrons. The standard InChI is InChI=1S/C13H17N5O/c1-19-9-13-17-11(14)7-12(18-13)16-6-4-10-3-2-5-15-8-10/h2-3,5,7-8H,4,6,9H2,1H3,(H3,14,16,17,18). The van der Waals surface area contributed by atoms with Crippen LogP contribution >= 0.6 is 0 Å². The van der Waals surface area contributed by atoms with E-state index in [1.807, 2.05) is 18.3 Å². The van der Waals surface area contributed by atoms with Crippen LogP contribution in [0.1, 0.15) is 11.4 Å². The summed E-state index contributed by atoms with van der Waals surface area (Å²) in [6.45, 7) is 1.11. The fraction of sp³-hybridized carbons (Fsp3) is 0.308. The molecule has 2 heterocycles. The molecule has 0 aliphatic heterocycles. The predicted octanol–water partition coefficient (Wildman–Crippen LogP) is 1.25. The maximum atomic E-state index is 5.72. The van der Waals surface area contributed by atoms with Crippen LogP contribution in [0.25, 0.3) is 0 Å². The molecular weight excluding hydrogens is 242 g/mol. The van der Waals surface area contributed by atoms with E-state index in [0.29, 0.717) is 24.1 Å². The van der Waals surface area contributed by atoms with E-state index in [1.54, 1.807) is 19.4 Å². The largest absolute Gasteiger partial charge is 0.384 e. The molecular formula is C13H17N5O. The first-order valence-corrected chi connectivity index (χ1v) is 6.03. The molecule has 0 aliphatic carbocycles. The highest BCUT2D eigenvalue weighted by Crippen LogP contribution is 2.09. The highest BCUT2D eigenvalue weighted by molar-refractivity contribution is 5.44. The molecule has 0 bridgehead atoms. The Morgan fingerprint density at radius 2 is 2.26 bits per heavy atom. The first kappa shape index (κ1) is 13.2. The van der Waals surface area contributed by atoms with Crippen molar-refractivity contribution in [3.8, 4) is 0 Å². The molecule has 0 aliphatic rings. The summed E-state index contributed by atoms with van der Waals surface area (Å²) in [6.07, 6.45) is 4.49. The predicted molar refractivity (Wildman–Crippen MR) is 73.6 cm³/mol. The maximum Gasteiger partial charge on any atom is 0.158 e. The SMILES string of the molecule is COCc1nc(N)cc(NCCc2cccnc2)n1. The van der Waals surface area contributed by atoms with Crippen LogP contribution in [0.15, 0.2) is 30.6 Å². The fourth-order valence-electron chi connectivity index (χ4n) is 1.68. The molecule has 0 fully saturated rings. The number of rotatable bonds is 6. The maximum absolute atomic E-state index is 5.72. The van der Waals surface area contributed by atoms with Gasteiger partial charge in [0.2, 0.25) is 0 Å². The summed E-state index contributed by atoms with van der Waals surface area (Å²) in [6, 6.07) is 5.68. The smallest absolute Gasteiger partial charge is 0.158 e. The number of aromatic nitrogens is 3. The van der Waals surface area contributed by atoms with Crippen molar-refractivity contribution >= 4 is 11.6 Å². The Kier molecular flexibility index (Phi) is 4.63. The molecule has 2 rings (SSSR count). The van der Waals surface area contributed by atoms with Crippen LogP contribution in [0.3, 0.4) is 0 Å². The zero-order chi connectivity index (χ0) is 13.5. The summed E-state index contributed by atoms with van der Waals surface area (Å²) >= 11 is 0. The number of ether oxygens (including phenoxy) is 1. The summed E-state index contributed by atoms with van der Waals surface area (Å²) in [7, 11) is 1.60. The van der Waals surface area contributed by atoms with Crippen LogP contribution in [-0.4, -0.2) is 28.6 Å². The lowest BCUT2D eigenvalue weighted by atomic mass is 10.2. The molecule has 0 saturated heterocycles. The minimum absolute atomic E-state index is 0.350. The van der Waals surface area contributed by atoms with Crippen molar-refractivity contribution in [3.63, 3.8) is 0 Å². The van der Waals surface area contributed by atoms with Crippen molar-refractivity contribution in [2.45, 2.75) is 13.0 Å². The van der Waals surface area contributed by atoms with Crippen molar-refractivity contribution in [2.24, 2.45) is 0 Å². The average Bonchev–Trinajstić information content (AvgIpc) is 2.40. The molecule has 0 aromatic carbocycles. The Morgan fingerprint density at radius 1 is 1.37 bits per heavy atom. The number of nitrogens with zero attached hydrogens (tertiary/aromatic N) is 3. The average molecular weight is 259 g/mol. The lowest BCUT2D eigenvalue weighted by Crippen LogP contribution is -2.10. The van der Waals surface area contributed by atoms with Gasteiger partial charge in [-0.3, -0.25) is 4.98 Å². The van der Waals surface area contributed by atoms with Crippen LogP contribution in [0.2, 0.25) is 0 Å². The lowest BCUT2D eigenvalue weighted by Gasteiger charge is -2.08. The van der Waals surface area contributed by atoms with Gasteiger partial charge in [0, 0.05) is 32.1 Å². The molecule has 0 saturated carbocycles. The van der Waals surface area contributed by atoms with Crippen LogP contribution in [0.5, 0.6) is 0 Å². The van der Waals surface area contributed by atoms with E-state index in [4.69, 9.17) is 10.5 Å². The molecule has 0 spiro atoms. The monoisotopic (exact) mass is 259 g/mol. The number of methoxy groups -OCH3 is 1. The molecule has 19 heavy (non-hydrogen) atoms. The first-order chi connectivity index (χ1) is 9.28. The Hall–Kier alpha value is -2.21. The van der Waals surface area contributed by atoms with Gasteiger partial charge in [0.1, 0.15) is 18.2 Å². The van der Waals surface area contributed by atoms with Crippen molar-refractivity contribution < 1.29 is 4.74 Å². The van der Waals surface area contributed by atoms with E-state index < -0.39 is 0 Å². The van der Waals surface area contributed by atoms with Crippen molar-refractivity contribution in [2.75, 3.05) is 24.7 Å². The van der Waals surface area contributed by atoms with Gasteiger partial charge in [0.15, 0.2) is 5.82 Å². The van der Waals surface area contributed by atoms with Crippen LogP contribution in [0.4, 0.5) is 11.6 Å². The van der Waals surface area contributed by atoms with E-state index >= 15 is 0 Å². The minimum Gasteiger partial charge on any atom is -0.384 e. The number of hydrogen-bond acceptors (Lipinski definition) is 6. The van der Waals surface area contributed by atoms with Gasteiger partial charge >= 0.3 is 0 Å². The van der Waals surface area contributed by atoms with E-state index in [0.717, 1.165) is 13.0 Å². The van der Waals surface area contributed by atoms with Crippen molar-refractivity contribution in [1.82, 2.24) is 15.0 Å². The fourth-order valence-corrected chi connectivity index (χ4v) is 1.68. The van der Waals surface area contributed by atoms with E-state index in [-0.39, 0.29) is 0 Å². The van der Waals surface area contributed by atoms with Gasteiger partial charge in [0.05, 0.1) is 0 Å². The second-order valence-electron chi connectivity index (χ2n) is 4.07. The highest BCUT2D eigenvalue weighted by atomic mass is 16.5. The summed E-state index contributed by atoms with van der Waals surface area (Å²) in [5, 5.41) is 3.22. The summed E-state index contributed by atoms with van der Waals surface area (Å²) in [5.74, 6) is 1.72. The molecule has 6 nitrogen and oxygen atoms in total. The molecule has 0 atom stereocenters. The highest BCUT2D eigenvalue weighted by Gasteiger charge is 2.02. The topological polar surface area (TPSA) is 86.0 Å². The van der Waals surface area contributed by atoms with Crippen molar-refractivity contribution in [3.05, 3.63) is 42.0 Å². The summed E-state index contributed by atoms with van der Waals surface area (Å²) in [4.78, 5) is 12.5. The number of hydrogen-bond donors (Lipinski definition) is 2. The Morgan fingerprint density at radius 3 is 3.00 bits per heavy atom. The third kappa shape index (κ3) is 4.18. The third-order valence-electron chi connectivity index (χ3n) is 2.51. The zero-order valence-corrected chi connectivity index (χ0v) is 10.8. The molecule has 2 aromatic heterocycles. The zero-order valence-electron chi connectivity index (χ0n) is 10.8. The Bertz CT molecular complexity index is 518. The van der Waals surface area contributed by atoms with E-state index in [2.05, 4.69) is 20.3 Å². The summed E-state index contributed by atoms with van der Waals surface area (Å²) < 4.78 is 5.00. The van der Waals surface area contributed by atoms with Gasteiger partial charge in [-0.1, -0.05) is 6.07 Å². The molecule has 6 heteroatoms. The van der Waals surface area contributed by atoms with Gasteiger partial charge in [-0.15, -0.1) is 0 Å². The van der Waals surface area contributed by atoms with Gasteiger partial charge < -0.3 is 15.8 Å². The first-order valence-electron chi connectivity index (χ1n) is 6.03. The number of anilines is 2. The molecule has 0 unspecified atom stereocenters. The number of nitrogen functional groups attached to an aromatic ring is 1. The van der Waals surface area contributed by atoms with Crippen molar-refractivity contribution in [1.29, 1.82) is 0 Å². The van der Waals surface area contributed by atoms with E-state index in [9.17, 15) is 0 Å². The second-order valence-corrected chi connectivity index (χ2v) is 4.07. The van der Waals surface area contributed by atoms with Gasteiger partial charge in [-0.25, -0.2) is 9.97 Å². The summed E-state index contributed by atoms with van der Waals surface area (Å²) in [5.41, 5.74) is 6.89. The quantitative estimate of drug-likeness (QED) is 0.812. The van der Waals surface area contributed by atoms with E-state index in [1.165, 1.54) is 5.56 Å². The lowest BCUT2D eigenvalue weighted by molar-refractivity contribution is 0.178. The Balaban J connectivity index is 1.92. The van der Waals surface area contributed by atoms with Gasteiger partial charge in [-0.2, -0.15) is 0 Å². The Labute approximate surface area is 112 Å². The molecule has 3 N–H and O–H groups in total.